The van der Waals surface area contributed by atoms with Crippen molar-refractivity contribution in [1.29, 1.82) is 0 Å². The average molecular weight is 474 g/mol. The van der Waals surface area contributed by atoms with Crippen LogP contribution in [0.15, 0.2) is 70.1 Å². The van der Waals surface area contributed by atoms with Crippen molar-refractivity contribution in [2.45, 2.75) is 42.4 Å². The molecule has 1 unspecified atom stereocenters. The van der Waals surface area contributed by atoms with Crippen molar-refractivity contribution in [3.05, 3.63) is 66.4 Å². The molecule has 174 valence electrons. The molecule has 34 heavy (non-hydrogen) atoms. The van der Waals surface area contributed by atoms with Crippen LogP contribution in [0.25, 0.3) is 34.0 Å². The first kappa shape index (κ1) is 22.4. The first-order valence-corrected chi connectivity index (χ1v) is 12.7. The molecule has 1 aliphatic carbocycles. The molecular weight excluding hydrogens is 446 g/mol. The predicted molar refractivity (Wildman–Crippen MR) is 134 cm³/mol. The van der Waals surface area contributed by atoms with Crippen molar-refractivity contribution >= 4 is 16.6 Å². The van der Waals surface area contributed by atoms with E-state index in [9.17, 15) is 4.21 Å². The first-order chi connectivity index (χ1) is 16.6. The van der Waals surface area contributed by atoms with Gasteiger partial charge in [0.1, 0.15) is 5.82 Å². The number of nitrogens with zero attached hydrogens (tertiary/aromatic N) is 3. The summed E-state index contributed by atoms with van der Waals surface area (Å²) in [5.41, 5.74) is 10.6. The van der Waals surface area contributed by atoms with Crippen LogP contribution in [0.5, 0.6) is 0 Å². The molecule has 1 saturated carbocycles. The summed E-state index contributed by atoms with van der Waals surface area (Å²) >= 11 is 0. The van der Waals surface area contributed by atoms with Crippen LogP contribution < -0.4 is 11.1 Å². The number of hydrogen-bond acceptors (Lipinski definition) is 7. The Morgan fingerprint density at radius 2 is 1.65 bits per heavy atom. The molecule has 2 aromatic carbocycles. The highest BCUT2D eigenvalue weighted by Crippen LogP contribution is 2.32. The Hall–Kier alpha value is -3.36. The highest BCUT2D eigenvalue weighted by Gasteiger charge is 2.22. The predicted octanol–water partition coefficient (Wildman–Crippen LogP) is 4.82. The van der Waals surface area contributed by atoms with Crippen molar-refractivity contribution in [2.24, 2.45) is 0 Å². The smallest absolute Gasteiger partial charge is 0.251 e. The van der Waals surface area contributed by atoms with Gasteiger partial charge in [-0.3, -0.25) is 4.21 Å². The van der Waals surface area contributed by atoms with Gasteiger partial charge in [-0.1, -0.05) is 37.1 Å². The average Bonchev–Trinajstić information content (AvgIpc) is 3.58. The fraction of sp³-hybridized carbons (Fsp3) is 0.269. The van der Waals surface area contributed by atoms with Gasteiger partial charge in [0.15, 0.2) is 0 Å². The van der Waals surface area contributed by atoms with E-state index in [4.69, 9.17) is 10.2 Å². The number of nitrogens with two attached hydrogens (primary N) is 1. The minimum Gasteiger partial charge on any atom is -0.416 e. The van der Waals surface area contributed by atoms with Crippen LogP contribution in [0.2, 0.25) is 0 Å². The second-order valence-corrected chi connectivity index (χ2v) is 10.3. The Morgan fingerprint density at radius 3 is 2.35 bits per heavy atom. The van der Waals surface area contributed by atoms with Crippen LogP contribution in [0.3, 0.4) is 0 Å². The molecule has 2 heterocycles. The molecule has 4 aromatic rings. The van der Waals surface area contributed by atoms with Gasteiger partial charge in [-0.05, 0) is 61.3 Å². The Kier molecular flexibility index (Phi) is 6.51. The number of rotatable bonds is 7. The minimum absolute atomic E-state index is 0.280. The van der Waals surface area contributed by atoms with Crippen LogP contribution in [-0.2, 0) is 17.3 Å². The molecule has 7 nitrogen and oxygen atoms in total. The Labute approximate surface area is 201 Å². The lowest BCUT2D eigenvalue weighted by molar-refractivity contribution is 0.584. The summed E-state index contributed by atoms with van der Waals surface area (Å²) in [5, 5.41) is 11.8. The second kappa shape index (κ2) is 9.87. The quantitative estimate of drug-likeness (QED) is 0.396. The van der Waals surface area contributed by atoms with Crippen molar-refractivity contribution in [2.75, 3.05) is 12.8 Å². The summed E-state index contributed by atoms with van der Waals surface area (Å²) in [7, 11) is 0.961. The Bertz CT molecular complexity index is 1300. The molecule has 0 spiro atoms. The van der Waals surface area contributed by atoms with Gasteiger partial charge < -0.3 is 15.5 Å². The molecular formula is C26H27N5O2S. The molecule has 5 rings (SSSR count). The van der Waals surface area contributed by atoms with E-state index in [2.05, 4.69) is 20.5 Å². The van der Waals surface area contributed by atoms with E-state index in [0.29, 0.717) is 23.2 Å². The van der Waals surface area contributed by atoms with Crippen LogP contribution >= 0.6 is 0 Å². The summed E-state index contributed by atoms with van der Waals surface area (Å²) < 4.78 is 18.7. The normalized spacial score (nSPS) is 15.0. The molecule has 1 atom stereocenters. The van der Waals surface area contributed by atoms with Gasteiger partial charge in [-0.25, -0.2) is 4.98 Å². The number of hydrogen-bond donors (Lipinski definition) is 2. The van der Waals surface area contributed by atoms with Crippen LogP contribution in [0, 0.1) is 0 Å². The molecule has 0 amide bonds. The van der Waals surface area contributed by atoms with E-state index in [1.165, 1.54) is 18.4 Å². The summed E-state index contributed by atoms with van der Waals surface area (Å²) in [6, 6.07) is 17.7. The molecule has 1 fully saturated rings. The fourth-order valence-electron chi connectivity index (χ4n) is 4.30. The number of benzene rings is 2. The SMILES string of the molecule is CNCc1ccc(-c2nnc(-c3cc(-c4ccc(S(=O)C5CCCC5)cc4)cnc3N)o2)cc1. The highest BCUT2D eigenvalue weighted by molar-refractivity contribution is 7.85. The van der Waals surface area contributed by atoms with Gasteiger partial charge in [0.2, 0.25) is 5.89 Å². The van der Waals surface area contributed by atoms with Gasteiger partial charge in [-0.2, -0.15) is 0 Å². The standard InChI is InChI=1S/C26H27N5O2S/c1-28-15-17-6-8-19(9-7-17)25-30-31-26(33-25)23-14-20(16-29-24(23)27)18-10-12-22(13-11-18)34(32)21-4-2-3-5-21/h6-14,16,21,28H,2-5,15H2,1H3,(H2,27,29). The molecule has 0 aliphatic heterocycles. The molecule has 0 saturated heterocycles. The number of nitrogens with one attached hydrogen (secondary N) is 1. The first-order valence-electron chi connectivity index (χ1n) is 11.5. The monoisotopic (exact) mass is 473 g/mol. The van der Waals surface area contributed by atoms with E-state index < -0.39 is 10.8 Å². The van der Waals surface area contributed by atoms with Gasteiger partial charge in [0.25, 0.3) is 5.89 Å². The summed E-state index contributed by atoms with van der Waals surface area (Å²) in [4.78, 5) is 5.23. The lowest BCUT2D eigenvalue weighted by Gasteiger charge is -2.10. The molecule has 0 radical (unpaired) electrons. The fourth-order valence-corrected chi connectivity index (χ4v) is 5.85. The topological polar surface area (TPSA) is 107 Å². The van der Waals surface area contributed by atoms with Crippen molar-refractivity contribution in [1.82, 2.24) is 20.5 Å². The summed E-state index contributed by atoms with van der Waals surface area (Å²) in [6.07, 6.45) is 6.16. The maximum absolute atomic E-state index is 12.8. The van der Waals surface area contributed by atoms with Gasteiger partial charge in [0, 0.05) is 34.0 Å². The number of nitrogen functional groups attached to an aromatic ring is 1. The summed E-state index contributed by atoms with van der Waals surface area (Å²) in [5.74, 6) is 1.07. The third kappa shape index (κ3) is 4.64. The number of pyridine rings is 1. The van der Waals surface area contributed by atoms with Crippen LogP contribution in [-0.4, -0.2) is 31.7 Å². The summed E-state index contributed by atoms with van der Waals surface area (Å²) in [6.45, 7) is 0.793. The van der Waals surface area contributed by atoms with Crippen LogP contribution in [0.1, 0.15) is 31.2 Å². The molecule has 8 heteroatoms. The zero-order chi connectivity index (χ0) is 23.5. The minimum atomic E-state index is -0.952. The second-order valence-electron chi connectivity index (χ2n) is 8.52. The van der Waals surface area contributed by atoms with E-state index >= 15 is 0 Å². The third-order valence-electron chi connectivity index (χ3n) is 6.18. The lowest BCUT2D eigenvalue weighted by atomic mass is 10.1. The number of anilines is 1. The van der Waals surface area contributed by atoms with E-state index in [1.807, 2.05) is 61.6 Å². The van der Waals surface area contributed by atoms with E-state index in [0.717, 1.165) is 41.0 Å². The molecule has 2 aromatic heterocycles. The molecule has 1 aliphatic rings. The molecule has 0 bridgehead atoms. The largest absolute Gasteiger partial charge is 0.416 e. The zero-order valence-corrected chi connectivity index (χ0v) is 19.8. The van der Waals surface area contributed by atoms with Crippen LogP contribution in [0.4, 0.5) is 5.82 Å². The van der Waals surface area contributed by atoms with Crippen molar-refractivity contribution in [3.63, 3.8) is 0 Å². The highest BCUT2D eigenvalue weighted by atomic mass is 32.2. The third-order valence-corrected chi connectivity index (χ3v) is 7.99. The van der Waals surface area contributed by atoms with E-state index in [1.54, 1.807) is 6.20 Å². The van der Waals surface area contributed by atoms with Gasteiger partial charge >= 0.3 is 0 Å². The zero-order valence-electron chi connectivity index (χ0n) is 19.0. The molecule has 3 N–H and O–H groups in total. The van der Waals surface area contributed by atoms with Gasteiger partial charge in [-0.15, -0.1) is 10.2 Å². The van der Waals surface area contributed by atoms with Crippen molar-refractivity contribution in [3.8, 4) is 34.0 Å². The van der Waals surface area contributed by atoms with Crippen molar-refractivity contribution < 1.29 is 8.63 Å². The van der Waals surface area contributed by atoms with Gasteiger partial charge in [0.05, 0.1) is 16.4 Å². The maximum atomic E-state index is 12.8. The lowest BCUT2D eigenvalue weighted by Crippen LogP contribution is -2.10. The Balaban J connectivity index is 1.38. The Morgan fingerprint density at radius 1 is 0.971 bits per heavy atom. The number of aromatic nitrogens is 3. The maximum Gasteiger partial charge on any atom is 0.251 e. The van der Waals surface area contributed by atoms with E-state index in [-0.39, 0.29) is 5.25 Å².